The maximum absolute atomic E-state index is 12.1. The smallest absolute Gasteiger partial charge is 0.305 e. The Morgan fingerprint density at radius 1 is 0.436 bits per heavy atom. The van der Waals surface area contributed by atoms with Gasteiger partial charge in [-0.1, -0.05) is 43.9 Å². The predicted octanol–water partition coefficient (Wildman–Crippen LogP) is 3.40. The van der Waals surface area contributed by atoms with Crippen LogP contribution in [0.2, 0.25) is 0 Å². The number of benzene rings is 1. The minimum atomic E-state index is -3.78. The minimum absolute atomic E-state index is 0.0641. The maximum Gasteiger partial charge on any atom is 0.305 e. The quantitative estimate of drug-likeness (QED) is 0.0534. The highest BCUT2D eigenvalue weighted by atomic mass is 32.2. The fraction of sp³-hybridized carbons (Fsp3) is 0.816. The average molecular weight is 813 g/mol. The van der Waals surface area contributed by atoms with Crippen molar-refractivity contribution in [3.63, 3.8) is 0 Å². The topological polar surface area (TPSA) is 171 Å². The van der Waals surface area contributed by atoms with E-state index in [4.69, 9.17) is 61.0 Å². The number of ether oxygens (including phenoxy) is 12. The molecular weight excluding hydrogens is 744 g/mol. The van der Waals surface area contributed by atoms with Crippen molar-refractivity contribution in [1.82, 2.24) is 0 Å². The third-order valence-electron chi connectivity index (χ3n) is 7.22. The Bertz CT molecular complexity index is 1080. The molecule has 0 aliphatic carbocycles. The molecule has 1 rings (SSSR count). The van der Waals surface area contributed by atoms with Gasteiger partial charge in [0.05, 0.1) is 157 Å². The SMILES string of the molecule is CCCCCCC(=O)OCCOCCOCCOCCOCCOCCOCCOCCOCCOCCOCCOCCOS(=O)(=O)c1ccc(C)cc1. The highest BCUT2D eigenvalue weighted by Gasteiger charge is 2.14. The van der Waals surface area contributed by atoms with E-state index < -0.39 is 10.1 Å². The average Bonchev–Trinajstić information content (AvgIpc) is 3.18. The van der Waals surface area contributed by atoms with E-state index in [0.717, 1.165) is 31.2 Å². The number of carbonyl (C=O) groups is 1. The summed E-state index contributed by atoms with van der Waals surface area (Å²) in [5, 5.41) is 0. The highest BCUT2D eigenvalue weighted by molar-refractivity contribution is 7.86. The van der Waals surface area contributed by atoms with Gasteiger partial charge in [-0.05, 0) is 25.5 Å². The summed E-state index contributed by atoms with van der Waals surface area (Å²) in [4.78, 5) is 11.7. The summed E-state index contributed by atoms with van der Waals surface area (Å²) in [6, 6.07) is 6.47. The van der Waals surface area contributed by atoms with Crippen LogP contribution in [-0.4, -0.2) is 173 Å². The Hall–Kier alpha value is -1.84. The Kier molecular flexibility index (Phi) is 36.3. The lowest BCUT2D eigenvalue weighted by molar-refractivity contribution is -0.145. The van der Waals surface area contributed by atoms with Gasteiger partial charge in [0.25, 0.3) is 10.1 Å². The lowest BCUT2D eigenvalue weighted by Gasteiger charge is -2.09. The lowest BCUT2D eigenvalue weighted by Crippen LogP contribution is -2.16. The van der Waals surface area contributed by atoms with Crippen LogP contribution >= 0.6 is 0 Å². The number of esters is 1. The second-order valence-corrected chi connectivity index (χ2v) is 13.5. The molecule has 0 atom stereocenters. The van der Waals surface area contributed by atoms with Gasteiger partial charge in [-0.3, -0.25) is 8.98 Å². The van der Waals surface area contributed by atoms with Crippen molar-refractivity contribution in [3.05, 3.63) is 29.8 Å². The first-order valence-corrected chi connectivity index (χ1v) is 20.8. The van der Waals surface area contributed by atoms with E-state index in [2.05, 4.69) is 6.92 Å². The van der Waals surface area contributed by atoms with Gasteiger partial charge in [-0.2, -0.15) is 8.42 Å². The van der Waals surface area contributed by atoms with Gasteiger partial charge >= 0.3 is 5.97 Å². The number of aryl methyl sites for hydroxylation is 1. The van der Waals surface area contributed by atoms with Gasteiger partial charge in [0.2, 0.25) is 0 Å². The van der Waals surface area contributed by atoms with Crippen LogP contribution in [0.1, 0.15) is 44.6 Å². The molecule has 0 saturated carbocycles. The molecular formula is C38H68O16S. The molecule has 0 aromatic heterocycles. The van der Waals surface area contributed by atoms with Gasteiger partial charge < -0.3 is 56.8 Å². The molecule has 0 N–H and O–H groups in total. The molecule has 0 saturated heterocycles. The molecule has 0 radical (unpaired) electrons. The van der Waals surface area contributed by atoms with E-state index in [1.165, 1.54) is 12.1 Å². The highest BCUT2D eigenvalue weighted by Crippen LogP contribution is 2.13. The first kappa shape index (κ1) is 51.2. The van der Waals surface area contributed by atoms with Crippen LogP contribution in [0.3, 0.4) is 0 Å². The lowest BCUT2D eigenvalue weighted by atomic mass is 10.2. The summed E-state index contributed by atoms with van der Waals surface area (Å²) in [6.45, 7) is 13.8. The Labute approximate surface area is 329 Å². The van der Waals surface area contributed by atoms with Crippen molar-refractivity contribution < 1.29 is 74.2 Å². The first-order valence-electron chi connectivity index (χ1n) is 19.4. The third kappa shape index (κ3) is 35.1. The molecule has 1 aromatic carbocycles. The summed E-state index contributed by atoms with van der Waals surface area (Å²) in [5.74, 6) is -0.160. The zero-order valence-electron chi connectivity index (χ0n) is 33.3. The standard InChI is InChI=1S/C38H68O16S/c1-3-4-5-6-7-38(39)53-34-32-51-30-28-49-26-24-47-22-20-45-18-16-43-14-12-42-13-15-44-17-19-46-21-23-48-25-27-50-29-31-52-33-35-54-55(40,41)37-10-8-36(2)9-11-37/h8-11H,3-7,12-35H2,1-2H3. The van der Waals surface area contributed by atoms with Crippen LogP contribution in [0.4, 0.5) is 0 Å². The fourth-order valence-electron chi connectivity index (χ4n) is 4.26. The number of carbonyl (C=O) groups excluding carboxylic acids is 1. The second kappa shape index (κ2) is 39.0. The maximum atomic E-state index is 12.1. The second-order valence-electron chi connectivity index (χ2n) is 11.9. The largest absolute Gasteiger partial charge is 0.463 e. The molecule has 0 spiro atoms. The molecule has 55 heavy (non-hydrogen) atoms. The van der Waals surface area contributed by atoms with E-state index in [1.807, 2.05) is 6.92 Å². The predicted molar refractivity (Wildman–Crippen MR) is 203 cm³/mol. The monoisotopic (exact) mass is 812 g/mol. The zero-order chi connectivity index (χ0) is 39.8. The van der Waals surface area contributed by atoms with Crippen LogP contribution in [0, 0.1) is 6.92 Å². The Morgan fingerprint density at radius 2 is 0.745 bits per heavy atom. The fourth-order valence-corrected chi connectivity index (χ4v) is 5.15. The van der Waals surface area contributed by atoms with E-state index >= 15 is 0 Å². The van der Waals surface area contributed by atoms with Crippen molar-refractivity contribution in [2.75, 3.05) is 159 Å². The molecule has 0 aliphatic heterocycles. The van der Waals surface area contributed by atoms with Crippen molar-refractivity contribution in [2.24, 2.45) is 0 Å². The third-order valence-corrected chi connectivity index (χ3v) is 8.55. The minimum Gasteiger partial charge on any atom is -0.463 e. The number of rotatable bonds is 43. The van der Waals surface area contributed by atoms with Gasteiger partial charge in [-0.25, -0.2) is 0 Å². The summed E-state index contributed by atoms with van der Waals surface area (Å²) in [7, 11) is -3.78. The van der Waals surface area contributed by atoms with Crippen molar-refractivity contribution in [3.8, 4) is 0 Å². The molecule has 0 aliphatic rings. The summed E-state index contributed by atoms with van der Waals surface area (Å²) >= 11 is 0. The first-order chi connectivity index (χ1) is 27.0. The number of unbranched alkanes of at least 4 members (excludes halogenated alkanes) is 3. The van der Waals surface area contributed by atoms with Gasteiger partial charge in [-0.15, -0.1) is 0 Å². The summed E-state index contributed by atoms with van der Waals surface area (Å²) in [5.41, 5.74) is 0.972. The molecule has 0 bridgehead atoms. The van der Waals surface area contributed by atoms with Crippen molar-refractivity contribution in [2.45, 2.75) is 50.8 Å². The molecule has 0 heterocycles. The zero-order valence-corrected chi connectivity index (χ0v) is 34.1. The Morgan fingerprint density at radius 3 is 1.07 bits per heavy atom. The van der Waals surface area contributed by atoms with E-state index in [9.17, 15) is 13.2 Å². The molecule has 0 fully saturated rings. The molecule has 1 aromatic rings. The van der Waals surface area contributed by atoms with Gasteiger partial charge in [0.1, 0.15) is 6.61 Å². The number of hydrogen-bond donors (Lipinski definition) is 0. The summed E-state index contributed by atoms with van der Waals surface area (Å²) < 4.78 is 94.2. The molecule has 17 heteroatoms. The van der Waals surface area contributed by atoms with Crippen LogP contribution < -0.4 is 0 Å². The van der Waals surface area contributed by atoms with Crippen LogP contribution in [0.15, 0.2) is 29.2 Å². The molecule has 0 amide bonds. The van der Waals surface area contributed by atoms with Crippen LogP contribution in [0.5, 0.6) is 0 Å². The summed E-state index contributed by atoms with van der Waals surface area (Å²) in [6.07, 6.45) is 4.72. The Balaban J connectivity index is 1.66. The van der Waals surface area contributed by atoms with Gasteiger partial charge in [0, 0.05) is 6.42 Å². The van der Waals surface area contributed by atoms with Crippen molar-refractivity contribution in [1.29, 1.82) is 0 Å². The molecule has 0 unspecified atom stereocenters. The molecule has 16 nitrogen and oxygen atoms in total. The van der Waals surface area contributed by atoms with E-state index in [0.29, 0.717) is 145 Å². The van der Waals surface area contributed by atoms with E-state index in [1.54, 1.807) is 12.1 Å². The molecule has 322 valence electrons. The number of hydrogen-bond acceptors (Lipinski definition) is 16. The van der Waals surface area contributed by atoms with Crippen LogP contribution in [0.25, 0.3) is 0 Å². The van der Waals surface area contributed by atoms with Crippen molar-refractivity contribution >= 4 is 16.1 Å². The van der Waals surface area contributed by atoms with E-state index in [-0.39, 0.29) is 30.7 Å². The normalized spacial score (nSPS) is 11.7. The van der Waals surface area contributed by atoms with Gasteiger partial charge in [0.15, 0.2) is 0 Å². The van der Waals surface area contributed by atoms with Crippen LogP contribution in [-0.2, 0) is 75.9 Å².